The van der Waals surface area contributed by atoms with Crippen molar-refractivity contribution < 1.29 is 19.0 Å². The van der Waals surface area contributed by atoms with E-state index in [1.807, 2.05) is 6.07 Å². The fraction of sp³-hybridized carbons (Fsp3) is 0.286. The molecule has 0 atom stereocenters. The molecular weight excluding hydrogens is 390 g/mol. The largest absolute Gasteiger partial charge is 0.497 e. The first-order valence-electron chi connectivity index (χ1n) is 9.01. The Bertz CT molecular complexity index is 938. The number of amidine groups is 1. The molecule has 0 radical (unpaired) electrons. The van der Waals surface area contributed by atoms with E-state index in [0.29, 0.717) is 40.2 Å². The highest BCUT2D eigenvalue weighted by atomic mass is 32.2. The van der Waals surface area contributed by atoms with Crippen molar-refractivity contribution in [2.24, 2.45) is 4.99 Å². The van der Waals surface area contributed by atoms with Gasteiger partial charge < -0.3 is 14.2 Å². The summed E-state index contributed by atoms with van der Waals surface area (Å²) in [4.78, 5) is 19.1. The molecule has 1 aliphatic heterocycles. The van der Waals surface area contributed by atoms with Crippen LogP contribution in [0.1, 0.15) is 12.0 Å². The molecule has 0 aliphatic carbocycles. The molecule has 2 aromatic rings. The summed E-state index contributed by atoms with van der Waals surface area (Å²) >= 11 is 1.52. The Kier molecular flexibility index (Phi) is 6.98. The summed E-state index contributed by atoms with van der Waals surface area (Å²) < 4.78 is 16.2. The van der Waals surface area contributed by atoms with Gasteiger partial charge in [0.25, 0.3) is 5.91 Å². The van der Waals surface area contributed by atoms with Crippen LogP contribution in [-0.4, -0.2) is 49.1 Å². The zero-order chi connectivity index (χ0) is 20.6. The first-order chi connectivity index (χ1) is 14.1. The molecule has 29 heavy (non-hydrogen) atoms. The number of hydrogen-bond donors (Lipinski definition) is 0. The van der Waals surface area contributed by atoms with Gasteiger partial charge in [0.15, 0.2) is 11.8 Å². The minimum atomic E-state index is -0.179. The van der Waals surface area contributed by atoms with Gasteiger partial charge in [0.2, 0.25) is 0 Å². The molecule has 0 spiro atoms. The number of ether oxygens (including phenoxy) is 3. The minimum absolute atomic E-state index is 0.110. The van der Waals surface area contributed by atoms with E-state index in [0.717, 1.165) is 12.2 Å². The highest BCUT2D eigenvalue weighted by molar-refractivity contribution is 8.13. The number of nitrogens with zero attached hydrogens (tertiary/aromatic N) is 3. The van der Waals surface area contributed by atoms with Crippen LogP contribution in [0.4, 0.5) is 5.69 Å². The summed E-state index contributed by atoms with van der Waals surface area (Å²) in [7, 11) is 3.16. The lowest BCUT2D eigenvalue weighted by atomic mass is 10.2. The van der Waals surface area contributed by atoms with Crippen LogP contribution in [0.15, 0.2) is 47.5 Å². The smallest absolute Gasteiger partial charge is 0.266 e. The molecule has 3 rings (SSSR count). The van der Waals surface area contributed by atoms with Crippen LogP contribution in [0.2, 0.25) is 0 Å². The van der Waals surface area contributed by atoms with E-state index in [1.54, 1.807) is 61.6 Å². The average molecular weight is 411 g/mol. The van der Waals surface area contributed by atoms with Crippen molar-refractivity contribution in [1.29, 1.82) is 5.26 Å². The maximum Gasteiger partial charge on any atom is 0.266 e. The lowest BCUT2D eigenvalue weighted by Gasteiger charge is -2.27. The molecule has 1 fully saturated rings. The summed E-state index contributed by atoms with van der Waals surface area (Å²) in [5.41, 5.74) is 1.14. The molecule has 1 aliphatic rings. The van der Waals surface area contributed by atoms with Crippen LogP contribution in [0, 0.1) is 11.3 Å². The fourth-order valence-corrected chi connectivity index (χ4v) is 3.69. The number of carbonyl (C=O) groups excluding carboxylic acids is 1. The predicted octanol–water partition coefficient (Wildman–Crippen LogP) is 3.61. The number of rotatable bonds is 6. The third-order valence-corrected chi connectivity index (χ3v) is 5.30. The quantitative estimate of drug-likeness (QED) is 0.722. The van der Waals surface area contributed by atoms with Crippen molar-refractivity contribution in [2.45, 2.75) is 6.42 Å². The number of methoxy groups -OCH3 is 2. The van der Waals surface area contributed by atoms with Gasteiger partial charge in [-0.15, -0.1) is 0 Å². The summed E-state index contributed by atoms with van der Waals surface area (Å²) in [6, 6.07) is 14.1. The molecule has 0 aromatic heterocycles. The van der Waals surface area contributed by atoms with E-state index in [2.05, 4.69) is 4.99 Å². The number of carbonyl (C=O) groups is 1. The Morgan fingerprint density at radius 3 is 2.62 bits per heavy atom. The van der Waals surface area contributed by atoms with E-state index in [4.69, 9.17) is 19.5 Å². The van der Waals surface area contributed by atoms with Crippen LogP contribution in [0.3, 0.4) is 0 Å². The molecule has 7 nitrogen and oxygen atoms in total. The molecule has 1 saturated heterocycles. The predicted molar refractivity (Wildman–Crippen MR) is 112 cm³/mol. The van der Waals surface area contributed by atoms with E-state index < -0.39 is 0 Å². The van der Waals surface area contributed by atoms with Gasteiger partial charge >= 0.3 is 0 Å². The van der Waals surface area contributed by atoms with Crippen molar-refractivity contribution in [1.82, 2.24) is 4.90 Å². The molecule has 2 aromatic carbocycles. The van der Waals surface area contributed by atoms with Crippen molar-refractivity contribution >= 4 is 28.5 Å². The number of nitriles is 1. The van der Waals surface area contributed by atoms with Crippen molar-refractivity contribution in [3.05, 3.63) is 48.0 Å². The molecular formula is C21H21N3O4S. The highest BCUT2D eigenvalue weighted by Gasteiger charge is 2.24. The SMILES string of the molecule is COc1ccc(OC)c(N=C2SCCCN2C(=O)COc2ccc(C#N)cc2)c1. The monoisotopic (exact) mass is 411 g/mol. The third kappa shape index (κ3) is 5.21. The van der Waals surface area contributed by atoms with E-state index in [-0.39, 0.29) is 12.5 Å². The number of aliphatic imine (C=N–C) groups is 1. The van der Waals surface area contributed by atoms with Gasteiger partial charge in [-0.05, 0) is 42.8 Å². The summed E-state index contributed by atoms with van der Waals surface area (Å²) in [5, 5.41) is 9.46. The van der Waals surface area contributed by atoms with Gasteiger partial charge in [-0.1, -0.05) is 11.8 Å². The Labute approximate surface area is 173 Å². The molecule has 1 heterocycles. The van der Waals surface area contributed by atoms with Gasteiger partial charge in [0, 0.05) is 18.4 Å². The highest BCUT2D eigenvalue weighted by Crippen LogP contribution is 2.33. The first-order valence-corrected chi connectivity index (χ1v) is 10.00. The van der Waals surface area contributed by atoms with Gasteiger partial charge in [-0.2, -0.15) is 5.26 Å². The Balaban J connectivity index is 1.75. The number of benzene rings is 2. The van der Waals surface area contributed by atoms with E-state index in [1.165, 1.54) is 11.8 Å². The first kappa shape index (κ1) is 20.6. The molecule has 0 bridgehead atoms. The standard InChI is InChI=1S/C21H21N3O4S/c1-26-17-8-9-19(27-2)18(12-17)23-21-24(10-3-11-29-21)20(25)14-28-16-6-4-15(13-22)5-7-16/h4-9,12H,3,10-11,14H2,1-2H3. The van der Waals surface area contributed by atoms with Crippen LogP contribution >= 0.6 is 11.8 Å². The second kappa shape index (κ2) is 9.85. The topological polar surface area (TPSA) is 84.2 Å². The zero-order valence-corrected chi connectivity index (χ0v) is 17.1. The second-order valence-electron chi connectivity index (χ2n) is 6.10. The van der Waals surface area contributed by atoms with E-state index in [9.17, 15) is 4.79 Å². The molecule has 0 N–H and O–H groups in total. The van der Waals surface area contributed by atoms with Gasteiger partial charge in [0.1, 0.15) is 22.9 Å². The molecule has 150 valence electrons. The Morgan fingerprint density at radius 1 is 1.17 bits per heavy atom. The van der Waals surface area contributed by atoms with Crippen LogP contribution in [0.25, 0.3) is 0 Å². The van der Waals surface area contributed by atoms with Crippen LogP contribution in [0.5, 0.6) is 17.2 Å². The van der Waals surface area contributed by atoms with Crippen LogP contribution in [-0.2, 0) is 4.79 Å². The maximum atomic E-state index is 12.8. The Morgan fingerprint density at radius 2 is 1.93 bits per heavy atom. The lowest BCUT2D eigenvalue weighted by Crippen LogP contribution is -2.41. The lowest BCUT2D eigenvalue weighted by molar-refractivity contribution is -0.129. The summed E-state index contributed by atoms with van der Waals surface area (Å²) in [6.07, 6.45) is 0.877. The van der Waals surface area contributed by atoms with Gasteiger partial charge in [-0.25, -0.2) is 4.99 Å². The van der Waals surface area contributed by atoms with Crippen LogP contribution < -0.4 is 14.2 Å². The number of thioether (sulfide) groups is 1. The summed E-state index contributed by atoms with van der Waals surface area (Å²) in [6.45, 7) is 0.467. The maximum absolute atomic E-state index is 12.8. The minimum Gasteiger partial charge on any atom is -0.497 e. The van der Waals surface area contributed by atoms with Gasteiger partial charge in [-0.3, -0.25) is 9.69 Å². The molecule has 1 amide bonds. The molecule has 0 saturated carbocycles. The normalized spacial score (nSPS) is 14.9. The molecule has 8 heteroatoms. The Hall–Kier alpha value is -3.18. The summed E-state index contributed by atoms with van der Waals surface area (Å²) in [5.74, 6) is 2.50. The molecule has 0 unspecified atom stereocenters. The van der Waals surface area contributed by atoms with Crippen molar-refractivity contribution in [3.8, 4) is 23.3 Å². The second-order valence-corrected chi connectivity index (χ2v) is 7.17. The zero-order valence-electron chi connectivity index (χ0n) is 16.3. The third-order valence-electron chi connectivity index (χ3n) is 4.24. The number of amides is 1. The number of hydrogen-bond acceptors (Lipinski definition) is 7. The average Bonchev–Trinajstić information content (AvgIpc) is 2.78. The van der Waals surface area contributed by atoms with Gasteiger partial charge in [0.05, 0.1) is 25.9 Å². The fourth-order valence-electron chi connectivity index (χ4n) is 2.72. The van der Waals surface area contributed by atoms with Crippen molar-refractivity contribution in [2.75, 3.05) is 33.1 Å². The van der Waals surface area contributed by atoms with Crippen molar-refractivity contribution in [3.63, 3.8) is 0 Å². The van der Waals surface area contributed by atoms with E-state index >= 15 is 0 Å².